The summed E-state index contributed by atoms with van der Waals surface area (Å²) in [5.74, 6) is 0.395. The molecule has 16 heavy (non-hydrogen) atoms. The Kier molecular flexibility index (Phi) is 3.36. The van der Waals surface area contributed by atoms with Gasteiger partial charge in [-0.15, -0.1) is 11.3 Å². The lowest BCUT2D eigenvalue weighted by molar-refractivity contribution is 0.558. The van der Waals surface area contributed by atoms with Crippen LogP contribution in [0.15, 0.2) is 24.1 Å². The predicted molar refractivity (Wildman–Crippen MR) is 65.4 cm³/mol. The van der Waals surface area contributed by atoms with Crippen molar-refractivity contribution < 1.29 is 0 Å². The second-order valence-corrected chi connectivity index (χ2v) is 4.96. The molecule has 0 aromatic carbocycles. The van der Waals surface area contributed by atoms with Crippen LogP contribution in [0.5, 0.6) is 0 Å². The summed E-state index contributed by atoms with van der Waals surface area (Å²) in [7, 11) is 0. The molecule has 4 nitrogen and oxygen atoms in total. The molecule has 0 saturated carbocycles. The predicted octanol–water partition coefficient (Wildman–Crippen LogP) is 2.16. The molecule has 0 bridgehead atoms. The van der Waals surface area contributed by atoms with Gasteiger partial charge in [0.05, 0.1) is 17.0 Å². The van der Waals surface area contributed by atoms with Crippen molar-refractivity contribution in [2.75, 3.05) is 0 Å². The van der Waals surface area contributed by atoms with Gasteiger partial charge in [0.1, 0.15) is 0 Å². The molecule has 2 N–H and O–H groups in total. The first-order valence-electron chi connectivity index (χ1n) is 5.33. The number of aromatic nitrogens is 3. The van der Waals surface area contributed by atoms with Gasteiger partial charge < -0.3 is 10.3 Å². The number of imidazole rings is 1. The third kappa shape index (κ3) is 2.31. The van der Waals surface area contributed by atoms with E-state index in [2.05, 4.69) is 21.5 Å². The van der Waals surface area contributed by atoms with E-state index in [1.54, 1.807) is 11.3 Å². The summed E-state index contributed by atoms with van der Waals surface area (Å²) in [6, 6.07) is 0.0194. The van der Waals surface area contributed by atoms with E-state index in [1.807, 2.05) is 31.0 Å². The summed E-state index contributed by atoms with van der Waals surface area (Å²) in [4.78, 5) is 8.47. The molecule has 0 radical (unpaired) electrons. The molecule has 0 spiro atoms. The van der Waals surface area contributed by atoms with E-state index < -0.39 is 0 Å². The highest BCUT2D eigenvalue weighted by molar-refractivity contribution is 7.09. The van der Waals surface area contributed by atoms with Crippen LogP contribution in [-0.2, 0) is 6.54 Å². The van der Waals surface area contributed by atoms with Crippen LogP contribution in [-0.4, -0.2) is 14.5 Å². The summed E-state index contributed by atoms with van der Waals surface area (Å²) in [5.41, 5.74) is 6.95. The number of thiazole rings is 1. The lowest BCUT2D eigenvalue weighted by atomic mass is 10.2. The summed E-state index contributed by atoms with van der Waals surface area (Å²) in [6.07, 6.45) is 5.51. The highest BCUT2D eigenvalue weighted by Crippen LogP contribution is 2.21. The molecule has 0 aliphatic carbocycles. The van der Waals surface area contributed by atoms with Crippen molar-refractivity contribution >= 4 is 11.3 Å². The first-order valence-corrected chi connectivity index (χ1v) is 6.21. The van der Waals surface area contributed by atoms with Crippen molar-refractivity contribution in [1.82, 2.24) is 14.5 Å². The van der Waals surface area contributed by atoms with Gasteiger partial charge in [0.15, 0.2) is 0 Å². The van der Waals surface area contributed by atoms with E-state index >= 15 is 0 Å². The first-order chi connectivity index (χ1) is 7.68. The van der Waals surface area contributed by atoms with Gasteiger partial charge >= 0.3 is 0 Å². The second-order valence-electron chi connectivity index (χ2n) is 4.03. The van der Waals surface area contributed by atoms with E-state index in [0.29, 0.717) is 5.92 Å². The molecule has 0 aliphatic heterocycles. The Morgan fingerprint density at radius 2 is 2.31 bits per heavy atom. The highest BCUT2D eigenvalue weighted by atomic mass is 32.1. The van der Waals surface area contributed by atoms with Crippen LogP contribution in [0.25, 0.3) is 0 Å². The van der Waals surface area contributed by atoms with Gasteiger partial charge in [-0.2, -0.15) is 0 Å². The smallest absolute Gasteiger partial charge is 0.0970 e. The van der Waals surface area contributed by atoms with Crippen LogP contribution in [0, 0.1) is 0 Å². The quantitative estimate of drug-likeness (QED) is 0.885. The molecule has 2 aromatic rings. The van der Waals surface area contributed by atoms with Crippen LogP contribution >= 0.6 is 11.3 Å². The van der Waals surface area contributed by atoms with E-state index in [0.717, 1.165) is 17.2 Å². The zero-order chi connectivity index (χ0) is 11.5. The maximum absolute atomic E-state index is 5.88. The van der Waals surface area contributed by atoms with Gasteiger partial charge in [-0.05, 0) is 6.92 Å². The van der Waals surface area contributed by atoms with Crippen molar-refractivity contribution in [2.45, 2.75) is 32.4 Å². The zero-order valence-corrected chi connectivity index (χ0v) is 10.3. The SMILES string of the molecule is CC(Cn1cncc1[C@H](C)N)c1nccs1. The Hall–Kier alpha value is -1.20. The second kappa shape index (κ2) is 4.76. The molecule has 2 atom stereocenters. The van der Waals surface area contributed by atoms with Crippen LogP contribution in [0.1, 0.15) is 36.5 Å². The fourth-order valence-corrected chi connectivity index (χ4v) is 2.40. The van der Waals surface area contributed by atoms with Crippen molar-refractivity contribution in [3.05, 3.63) is 34.8 Å². The van der Waals surface area contributed by atoms with E-state index in [4.69, 9.17) is 5.73 Å². The van der Waals surface area contributed by atoms with Crippen molar-refractivity contribution in [2.24, 2.45) is 5.73 Å². The summed E-state index contributed by atoms with van der Waals surface area (Å²) >= 11 is 1.69. The average Bonchev–Trinajstić information content (AvgIpc) is 2.86. The highest BCUT2D eigenvalue weighted by Gasteiger charge is 2.12. The monoisotopic (exact) mass is 236 g/mol. The van der Waals surface area contributed by atoms with Gasteiger partial charge in [0.25, 0.3) is 0 Å². The molecule has 0 aliphatic rings. The first kappa shape index (κ1) is 11.3. The molecule has 0 saturated heterocycles. The Labute approximate surface area is 99.2 Å². The number of nitrogens with two attached hydrogens (primary N) is 1. The zero-order valence-electron chi connectivity index (χ0n) is 9.50. The standard InChI is InChI=1S/C11H16N4S/c1-8(11-14-3-4-16-11)6-15-7-13-5-10(15)9(2)12/h3-5,7-9H,6,12H2,1-2H3/t8?,9-/m0/s1. The van der Waals surface area contributed by atoms with E-state index in [1.165, 1.54) is 0 Å². The molecule has 0 amide bonds. The van der Waals surface area contributed by atoms with Crippen LogP contribution in [0.3, 0.4) is 0 Å². The van der Waals surface area contributed by atoms with Crippen LogP contribution in [0.2, 0.25) is 0 Å². The van der Waals surface area contributed by atoms with E-state index in [9.17, 15) is 0 Å². The van der Waals surface area contributed by atoms with Crippen LogP contribution < -0.4 is 5.73 Å². The van der Waals surface area contributed by atoms with Gasteiger partial charge in [-0.3, -0.25) is 0 Å². The minimum absolute atomic E-state index is 0.0194. The van der Waals surface area contributed by atoms with Crippen molar-refractivity contribution in [3.8, 4) is 0 Å². The normalized spacial score (nSPS) is 14.9. The third-order valence-corrected chi connectivity index (χ3v) is 3.56. The topological polar surface area (TPSA) is 56.7 Å². The Bertz CT molecular complexity index is 433. The lowest BCUT2D eigenvalue weighted by Crippen LogP contribution is -2.14. The Morgan fingerprint density at radius 3 is 2.94 bits per heavy atom. The van der Waals surface area contributed by atoms with E-state index in [-0.39, 0.29) is 6.04 Å². The maximum Gasteiger partial charge on any atom is 0.0970 e. The van der Waals surface area contributed by atoms with Crippen molar-refractivity contribution in [3.63, 3.8) is 0 Å². The van der Waals surface area contributed by atoms with Crippen molar-refractivity contribution in [1.29, 1.82) is 0 Å². The average molecular weight is 236 g/mol. The Morgan fingerprint density at radius 1 is 1.50 bits per heavy atom. The summed E-state index contributed by atoms with van der Waals surface area (Å²) in [6.45, 7) is 5.02. The van der Waals surface area contributed by atoms with Gasteiger partial charge in [0, 0.05) is 36.3 Å². The lowest BCUT2D eigenvalue weighted by Gasteiger charge is -2.14. The molecule has 5 heteroatoms. The Balaban J connectivity index is 2.12. The molecule has 1 unspecified atom stereocenters. The minimum atomic E-state index is 0.0194. The van der Waals surface area contributed by atoms with Gasteiger partial charge in [-0.25, -0.2) is 9.97 Å². The number of hydrogen-bond acceptors (Lipinski definition) is 4. The molecular formula is C11H16N4S. The number of rotatable bonds is 4. The third-order valence-electron chi connectivity index (χ3n) is 2.55. The molecule has 86 valence electrons. The molecule has 2 heterocycles. The molecule has 2 aromatic heterocycles. The fourth-order valence-electron chi connectivity index (χ4n) is 1.71. The summed E-state index contributed by atoms with van der Waals surface area (Å²) < 4.78 is 2.11. The number of nitrogens with zero attached hydrogens (tertiary/aromatic N) is 3. The van der Waals surface area contributed by atoms with Crippen LogP contribution in [0.4, 0.5) is 0 Å². The van der Waals surface area contributed by atoms with Gasteiger partial charge in [-0.1, -0.05) is 6.92 Å². The number of hydrogen-bond donors (Lipinski definition) is 1. The fraction of sp³-hybridized carbons (Fsp3) is 0.455. The van der Waals surface area contributed by atoms with Gasteiger partial charge in [0.2, 0.25) is 0 Å². The minimum Gasteiger partial charge on any atom is -0.333 e. The molecule has 2 rings (SSSR count). The maximum atomic E-state index is 5.88. The summed E-state index contributed by atoms with van der Waals surface area (Å²) in [5, 5.41) is 3.16. The molecule has 0 fully saturated rings. The largest absolute Gasteiger partial charge is 0.333 e. The molecular weight excluding hydrogens is 220 g/mol.